The third kappa shape index (κ3) is 3.88. The van der Waals surface area contributed by atoms with Crippen molar-refractivity contribution in [1.82, 2.24) is 0 Å². The predicted octanol–water partition coefficient (Wildman–Crippen LogP) is 3.24. The molecule has 1 unspecified atom stereocenters. The maximum Gasteiger partial charge on any atom is 0.417 e. The number of aliphatic carboxylic acids is 1. The van der Waals surface area contributed by atoms with Gasteiger partial charge in [0.05, 0.1) is 23.6 Å². The average Bonchev–Trinajstić information content (AvgIpc) is 3.20. The Balaban J connectivity index is 2.21. The van der Waals surface area contributed by atoms with Gasteiger partial charge in [-0.3, -0.25) is 4.79 Å². The number of carboxylic acids is 1. The highest BCUT2D eigenvalue weighted by atomic mass is 19.4. The molecule has 0 radical (unpaired) electrons. The molecule has 21 heavy (non-hydrogen) atoms. The molecule has 4 nitrogen and oxygen atoms in total. The van der Waals surface area contributed by atoms with Crippen LogP contribution < -0.4 is 5.32 Å². The minimum absolute atomic E-state index is 0.104. The van der Waals surface area contributed by atoms with Gasteiger partial charge >= 0.3 is 12.1 Å². The highest BCUT2D eigenvalue weighted by Crippen LogP contribution is 2.37. The number of benzene rings is 1. The van der Waals surface area contributed by atoms with E-state index in [4.69, 9.17) is 10.4 Å². The summed E-state index contributed by atoms with van der Waals surface area (Å²) in [7, 11) is 0. The van der Waals surface area contributed by atoms with Gasteiger partial charge in [-0.1, -0.05) is 0 Å². The fourth-order valence-electron chi connectivity index (χ4n) is 2.21. The summed E-state index contributed by atoms with van der Waals surface area (Å²) in [4.78, 5) is 10.8. The summed E-state index contributed by atoms with van der Waals surface area (Å²) < 4.78 is 38.1. The Morgan fingerprint density at radius 3 is 2.62 bits per heavy atom. The molecular weight excluding hydrogens is 285 g/mol. The van der Waals surface area contributed by atoms with Crippen LogP contribution in [0.15, 0.2) is 18.2 Å². The van der Waals surface area contributed by atoms with Crippen molar-refractivity contribution >= 4 is 11.7 Å². The van der Waals surface area contributed by atoms with Crippen molar-refractivity contribution in [2.75, 3.05) is 5.32 Å². The Kier molecular flexibility index (Phi) is 4.07. The van der Waals surface area contributed by atoms with E-state index < -0.39 is 23.3 Å². The molecule has 0 saturated heterocycles. The van der Waals surface area contributed by atoms with Gasteiger partial charge < -0.3 is 10.4 Å². The normalized spacial score (nSPS) is 16.1. The number of hydrogen-bond acceptors (Lipinski definition) is 3. The first-order valence-electron chi connectivity index (χ1n) is 6.41. The lowest BCUT2D eigenvalue weighted by atomic mass is 10.0. The topological polar surface area (TPSA) is 73.1 Å². The van der Waals surface area contributed by atoms with E-state index in [1.807, 2.05) is 0 Å². The highest BCUT2D eigenvalue weighted by Gasteiger charge is 2.35. The molecule has 2 rings (SSSR count). The zero-order chi connectivity index (χ0) is 15.6. The van der Waals surface area contributed by atoms with Crippen LogP contribution in [-0.2, 0) is 11.0 Å². The summed E-state index contributed by atoms with van der Waals surface area (Å²) in [6, 6.07) is 4.37. The number of hydrogen-bond donors (Lipinski definition) is 2. The molecule has 0 aromatic heterocycles. The van der Waals surface area contributed by atoms with Crippen LogP contribution in [0.4, 0.5) is 18.9 Å². The second-order valence-corrected chi connectivity index (χ2v) is 5.06. The number of nitrogens with one attached hydrogen (secondary N) is 1. The lowest BCUT2D eigenvalue weighted by molar-refractivity contribution is -0.138. The summed E-state index contributed by atoms with van der Waals surface area (Å²) in [6.45, 7) is 0. The van der Waals surface area contributed by atoms with Gasteiger partial charge in [-0.15, -0.1) is 0 Å². The fraction of sp³-hybridized carbons (Fsp3) is 0.429. The van der Waals surface area contributed by atoms with E-state index >= 15 is 0 Å². The zero-order valence-corrected chi connectivity index (χ0v) is 10.9. The Morgan fingerprint density at radius 2 is 2.14 bits per heavy atom. The number of anilines is 1. The fourth-order valence-corrected chi connectivity index (χ4v) is 2.21. The number of nitrogens with zero attached hydrogens (tertiary/aromatic N) is 1. The van der Waals surface area contributed by atoms with E-state index in [9.17, 15) is 18.0 Å². The van der Waals surface area contributed by atoms with Crippen LogP contribution in [0.1, 0.15) is 30.4 Å². The van der Waals surface area contributed by atoms with Gasteiger partial charge in [-0.25, -0.2) is 0 Å². The lowest BCUT2D eigenvalue weighted by Crippen LogP contribution is -2.25. The number of alkyl halides is 3. The molecule has 1 aliphatic rings. The molecule has 1 fully saturated rings. The third-order valence-corrected chi connectivity index (χ3v) is 3.38. The molecule has 0 spiro atoms. The van der Waals surface area contributed by atoms with E-state index in [1.54, 1.807) is 0 Å². The van der Waals surface area contributed by atoms with Gasteiger partial charge in [0, 0.05) is 11.7 Å². The smallest absolute Gasteiger partial charge is 0.417 e. The Labute approximate surface area is 119 Å². The number of carbonyl (C=O) groups is 1. The van der Waals surface area contributed by atoms with E-state index in [1.165, 1.54) is 12.1 Å². The van der Waals surface area contributed by atoms with Crippen LogP contribution in [-0.4, -0.2) is 17.1 Å². The Bertz CT molecular complexity index is 589. The quantitative estimate of drug-likeness (QED) is 0.875. The maximum absolute atomic E-state index is 12.7. The first-order valence-corrected chi connectivity index (χ1v) is 6.41. The van der Waals surface area contributed by atoms with Gasteiger partial charge in [-0.2, -0.15) is 18.4 Å². The van der Waals surface area contributed by atoms with Crippen molar-refractivity contribution in [2.45, 2.75) is 31.5 Å². The predicted molar refractivity (Wildman–Crippen MR) is 68.5 cm³/mol. The van der Waals surface area contributed by atoms with Crippen molar-refractivity contribution in [3.05, 3.63) is 29.3 Å². The summed E-state index contributed by atoms with van der Waals surface area (Å²) >= 11 is 0. The van der Waals surface area contributed by atoms with Crippen LogP contribution >= 0.6 is 0 Å². The zero-order valence-electron chi connectivity index (χ0n) is 10.9. The van der Waals surface area contributed by atoms with Crippen molar-refractivity contribution < 1.29 is 23.1 Å². The number of carboxylic acid groups (broad SMARTS) is 1. The van der Waals surface area contributed by atoms with Crippen LogP contribution in [0.25, 0.3) is 0 Å². The van der Waals surface area contributed by atoms with Crippen molar-refractivity contribution in [1.29, 1.82) is 5.26 Å². The summed E-state index contributed by atoms with van der Waals surface area (Å²) in [5.41, 5.74) is -1.13. The van der Waals surface area contributed by atoms with Crippen molar-refractivity contribution in [2.24, 2.45) is 5.92 Å². The van der Waals surface area contributed by atoms with E-state index in [-0.39, 0.29) is 18.4 Å². The van der Waals surface area contributed by atoms with Gasteiger partial charge in [0.1, 0.15) is 0 Å². The molecule has 0 amide bonds. The standard InChI is InChI=1S/C14H13F3N2O2/c15-14(16,17)11-4-3-10(5-9(11)7-18)19-12(6-13(20)21)8-1-2-8/h3-5,8,12,19H,1-2,6H2,(H,20,21). The first kappa shape index (κ1) is 15.2. The Hall–Kier alpha value is -2.23. The monoisotopic (exact) mass is 298 g/mol. The number of nitriles is 1. The molecular formula is C14H13F3N2O2. The minimum atomic E-state index is -4.58. The second-order valence-electron chi connectivity index (χ2n) is 5.06. The molecule has 0 heterocycles. The van der Waals surface area contributed by atoms with Gasteiger partial charge in [0.25, 0.3) is 0 Å². The highest BCUT2D eigenvalue weighted by molar-refractivity contribution is 5.68. The summed E-state index contributed by atoms with van der Waals surface area (Å²) in [5.74, 6) is -0.749. The maximum atomic E-state index is 12.7. The molecule has 1 saturated carbocycles. The van der Waals surface area contributed by atoms with E-state index in [2.05, 4.69) is 5.32 Å². The van der Waals surface area contributed by atoms with Gasteiger partial charge in [-0.05, 0) is 37.0 Å². The van der Waals surface area contributed by atoms with Crippen molar-refractivity contribution in [3.8, 4) is 6.07 Å². The first-order chi connectivity index (χ1) is 9.81. The van der Waals surface area contributed by atoms with E-state index in [0.29, 0.717) is 5.69 Å². The molecule has 0 bridgehead atoms. The Morgan fingerprint density at radius 1 is 1.48 bits per heavy atom. The van der Waals surface area contributed by atoms with E-state index in [0.717, 1.165) is 25.0 Å². The summed E-state index contributed by atoms with van der Waals surface area (Å²) in [5, 5.41) is 20.6. The molecule has 1 aliphatic carbocycles. The van der Waals surface area contributed by atoms with Crippen LogP contribution in [0.5, 0.6) is 0 Å². The van der Waals surface area contributed by atoms with Crippen LogP contribution in [0, 0.1) is 17.2 Å². The molecule has 1 aromatic rings. The largest absolute Gasteiger partial charge is 0.481 e. The number of halogens is 3. The van der Waals surface area contributed by atoms with Crippen LogP contribution in [0.2, 0.25) is 0 Å². The third-order valence-electron chi connectivity index (χ3n) is 3.38. The SMILES string of the molecule is N#Cc1cc(NC(CC(=O)O)C2CC2)ccc1C(F)(F)F. The lowest BCUT2D eigenvalue weighted by Gasteiger charge is -2.18. The van der Waals surface area contributed by atoms with Crippen LogP contribution in [0.3, 0.4) is 0 Å². The second kappa shape index (κ2) is 5.64. The van der Waals surface area contributed by atoms with Gasteiger partial charge in [0.15, 0.2) is 0 Å². The minimum Gasteiger partial charge on any atom is -0.481 e. The molecule has 1 aromatic carbocycles. The average molecular weight is 298 g/mol. The molecule has 0 aliphatic heterocycles. The van der Waals surface area contributed by atoms with Gasteiger partial charge in [0.2, 0.25) is 0 Å². The molecule has 112 valence electrons. The molecule has 7 heteroatoms. The number of rotatable bonds is 5. The molecule has 1 atom stereocenters. The molecule has 2 N–H and O–H groups in total. The van der Waals surface area contributed by atoms with Crippen molar-refractivity contribution in [3.63, 3.8) is 0 Å². The summed E-state index contributed by atoms with van der Waals surface area (Å²) in [6.07, 6.45) is -2.89.